The van der Waals surface area contributed by atoms with Gasteiger partial charge in [-0.25, -0.2) is 4.79 Å². The number of rotatable bonds is 25. The predicted molar refractivity (Wildman–Crippen MR) is 152 cm³/mol. The zero-order valence-electron chi connectivity index (χ0n) is 23.9. The number of carbonyl (C=O) groups is 1. The zero-order chi connectivity index (χ0) is 26.4. The smallest absolute Gasteiger partial charge is 0.378 e. The Labute approximate surface area is 232 Å². The Morgan fingerprint density at radius 2 is 1.24 bits per heavy atom. The molecule has 0 radical (unpaired) electrons. The van der Waals surface area contributed by atoms with Gasteiger partial charge in [0, 0.05) is 6.54 Å². The maximum atomic E-state index is 12.2. The van der Waals surface area contributed by atoms with E-state index in [-0.39, 0.29) is 23.9 Å². The first-order chi connectivity index (χ1) is 17.5. The SMILES string of the molecule is CCCCCCCCCCCCCCCCCCOC1=C(OCCCN(C)C)C(=O)O[C@@H]1[C@@H](O)CO.Cl. The molecule has 1 aliphatic rings. The molecule has 0 aromatic rings. The van der Waals surface area contributed by atoms with Crippen LogP contribution in [0.3, 0.4) is 0 Å². The van der Waals surface area contributed by atoms with Crippen molar-refractivity contribution < 1.29 is 29.2 Å². The Morgan fingerprint density at radius 3 is 1.70 bits per heavy atom. The number of hydrogen-bond donors (Lipinski definition) is 2. The minimum Gasteiger partial charge on any atom is -0.490 e. The fraction of sp³-hybridized carbons (Fsp3) is 0.897. The molecule has 220 valence electrons. The highest BCUT2D eigenvalue weighted by Crippen LogP contribution is 2.28. The standard InChI is InChI=1S/C29H55NO6.ClH/c1-4-5-6-7-8-9-10-11-12-13-14-15-16-17-18-19-22-34-27-26(25(32)24-31)36-29(33)28(27)35-23-20-21-30(2)3;/h25-26,31-32H,4-24H2,1-3H3;1H/t25-,26+;/m0./s1. The van der Waals surface area contributed by atoms with Crippen molar-refractivity contribution in [2.75, 3.05) is 40.5 Å². The number of aliphatic hydroxyl groups is 2. The van der Waals surface area contributed by atoms with Crippen molar-refractivity contribution in [2.45, 2.75) is 128 Å². The van der Waals surface area contributed by atoms with Gasteiger partial charge >= 0.3 is 5.97 Å². The molecule has 2 N–H and O–H groups in total. The normalized spacial score (nSPS) is 16.2. The van der Waals surface area contributed by atoms with Crippen LogP contribution >= 0.6 is 12.4 Å². The van der Waals surface area contributed by atoms with E-state index in [0.717, 1.165) is 25.8 Å². The fourth-order valence-electron chi connectivity index (χ4n) is 4.47. The number of cyclic esters (lactones) is 1. The molecule has 0 unspecified atom stereocenters. The molecule has 1 rings (SSSR count). The minimum atomic E-state index is -1.22. The lowest BCUT2D eigenvalue weighted by atomic mass is 10.0. The second-order valence-electron chi connectivity index (χ2n) is 10.4. The lowest BCUT2D eigenvalue weighted by Crippen LogP contribution is -2.32. The van der Waals surface area contributed by atoms with Gasteiger partial charge in [0.2, 0.25) is 5.76 Å². The van der Waals surface area contributed by atoms with Crippen molar-refractivity contribution in [3.63, 3.8) is 0 Å². The number of hydrogen-bond acceptors (Lipinski definition) is 7. The molecule has 1 heterocycles. The third kappa shape index (κ3) is 17.2. The molecule has 0 fully saturated rings. The van der Waals surface area contributed by atoms with Gasteiger partial charge in [0.15, 0.2) is 11.9 Å². The Hall–Kier alpha value is -1.02. The molecule has 0 aromatic carbocycles. The Morgan fingerprint density at radius 1 is 0.784 bits per heavy atom. The molecule has 1 aliphatic heterocycles. The summed E-state index contributed by atoms with van der Waals surface area (Å²) in [6, 6.07) is 0. The van der Waals surface area contributed by atoms with Gasteiger partial charge in [0.05, 0.1) is 19.8 Å². The fourth-order valence-corrected chi connectivity index (χ4v) is 4.47. The van der Waals surface area contributed by atoms with E-state index in [2.05, 4.69) is 6.92 Å². The molecule has 0 aromatic heterocycles. The van der Waals surface area contributed by atoms with Crippen LogP contribution in [0.1, 0.15) is 116 Å². The van der Waals surface area contributed by atoms with Gasteiger partial charge in [-0.1, -0.05) is 103 Å². The van der Waals surface area contributed by atoms with E-state index >= 15 is 0 Å². The lowest BCUT2D eigenvalue weighted by molar-refractivity contribution is -0.148. The van der Waals surface area contributed by atoms with Crippen LogP contribution in [-0.2, 0) is 19.0 Å². The van der Waals surface area contributed by atoms with Gasteiger partial charge in [0.25, 0.3) is 0 Å². The van der Waals surface area contributed by atoms with Crippen LogP contribution in [0.25, 0.3) is 0 Å². The van der Waals surface area contributed by atoms with Crippen LogP contribution in [0.15, 0.2) is 11.5 Å². The molecule has 0 bridgehead atoms. The van der Waals surface area contributed by atoms with Crippen LogP contribution in [0.4, 0.5) is 0 Å². The summed E-state index contributed by atoms with van der Waals surface area (Å²) in [6.45, 7) is 3.38. The molecule has 0 spiro atoms. The highest BCUT2D eigenvalue weighted by Gasteiger charge is 2.41. The van der Waals surface area contributed by atoms with Gasteiger partial charge < -0.3 is 29.3 Å². The molecule has 0 saturated heterocycles. The summed E-state index contributed by atoms with van der Waals surface area (Å²) in [5.41, 5.74) is 0. The van der Waals surface area contributed by atoms with Crippen LogP contribution in [0.5, 0.6) is 0 Å². The summed E-state index contributed by atoms with van der Waals surface area (Å²) in [6.07, 6.45) is 19.4. The molecule has 0 aliphatic carbocycles. The number of aliphatic hydroxyl groups excluding tert-OH is 2. The first-order valence-corrected chi connectivity index (χ1v) is 14.7. The number of carbonyl (C=O) groups excluding carboxylic acids is 1. The molecule has 2 atom stereocenters. The van der Waals surface area contributed by atoms with Crippen molar-refractivity contribution in [3.05, 3.63) is 11.5 Å². The number of halogens is 1. The first-order valence-electron chi connectivity index (χ1n) is 14.7. The van der Waals surface area contributed by atoms with Crippen molar-refractivity contribution >= 4 is 18.4 Å². The van der Waals surface area contributed by atoms with E-state index in [1.54, 1.807) is 0 Å². The quantitative estimate of drug-likeness (QED) is 0.104. The summed E-state index contributed by atoms with van der Waals surface area (Å²) < 4.78 is 16.7. The number of ether oxygens (including phenoxy) is 3. The number of esters is 1. The lowest BCUT2D eigenvalue weighted by Gasteiger charge is -2.18. The second kappa shape index (κ2) is 24.1. The van der Waals surface area contributed by atoms with E-state index in [0.29, 0.717) is 13.2 Å². The van der Waals surface area contributed by atoms with E-state index in [1.807, 2.05) is 19.0 Å². The summed E-state index contributed by atoms with van der Waals surface area (Å²) in [4.78, 5) is 14.3. The van der Waals surface area contributed by atoms with Gasteiger partial charge in [-0.05, 0) is 26.9 Å². The van der Waals surface area contributed by atoms with Crippen molar-refractivity contribution in [2.24, 2.45) is 0 Å². The molecule has 0 amide bonds. The summed E-state index contributed by atoms with van der Waals surface area (Å²) in [5.74, 6) is -0.394. The van der Waals surface area contributed by atoms with Crippen molar-refractivity contribution in [3.8, 4) is 0 Å². The molecule has 0 saturated carbocycles. The third-order valence-corrected chi connectivity index (χ3v) is 6.69. The monoisotopic (exact) mass is 549 g/mol. The van der Waals surface area contributed by atoms with Crippen LogP contribution in [0.2, 0.25) is 0 Å². The maximum Gasteiger partial charge on any atom is 0.378 e. The number of unbranched alkanes of at least 4 members (excludes halogenated alkanes) is 15. The number of nitrogens with zero attached hydrogens (tertiary/aromatic N) is 1. The van der Waals surface area contributed by atoms with Gasteiger partial charge in [-0.2, -0.15) is 0 Å². The van der Waals surface area contributed by atoms with Crippen molar-refractivity contribution in [1.29, 1.82) is 0 Å². The average molecular weight is 550 g/mol. The second-order valence-corrected chi connectivity index (χ2v) is 10.4. The maximum absolute atomic E-state index is 12.2. The Bertz CT molecular complexity index is 587. The molecule has 37 heavy (non-hydrogen) atoms. The highest BCUT2D eigenvalue weighted by atomic mass is 35.5. The summed E-state index contributed by atoms with van der Waals surface area (Å²) >= 11 is 0. The van der Waals surface area contributed by atoms with E-state index in [9.17, 15) is 15.0 Å². The van der Waals surface area contributed by atoms with E-state index < -0.39 is 24.8 Å². The zero-order valence-corrected chi connectivity index (χ0v) is 24.7. The summed E-state index contributed by atoms with van der Waals surface area (Å²) in [5, 5.41) is 19.4. The third-order valence-electron chi connectivity index (χ3n) is 6.69. The average Bonchev–Trinajstić information content (AvgIpc) is 3.18. The first kappa shape index (κ1) is 36.0. The molecule has 7 nitrogen and oxygen atoms in total. The Balaban J connectivity index is 0.0000130. The topological polar surface area (TPSA) is 88.5 Å². The van der Waals surface area contributed by atoms with Gasteiger partial charge in [-0.15, -0.1) is 12.4 Å². The van der Waals surface area contributed by atoms with Crippen molar-refractivity contribution in [1.82, 2.24) is 4.90 Å². The van der Waals surface area contributed by atoms with E-state index in [4.69, 9.17) is 14.2 Å². The van der Waals surface area contributed by atoms with Crippen LogP contribution < -0.4 is 0 Å². The predicted octanol–water partition coefficient (Wildman–Crippen LogP) is 6.14. The van der Waals surface area contributed by atoms with E-state index in [1.165, 1.54) is 89.9 Å². The summed E-state index contributed by atoms with van der Waals surface area (Å²) in [7, 11) is 3.95. The minimum absolute atomic E-state index is 0. The molecular weight excluding hydrogens is 494 g/mol. The largest absolute Gasteiger partial charge is 0.490 e. The molecule has 8 heteroatoms. The van der Waals surface area contributed by atoms with Gasteiger partial charge in [0.1, 0.15) is 6.10 Å². The Kier molecular flexibility index (Phi) is 23.4. The molecular formula is C29H56ClNO6. The van der Waals surface area contributed by atoms with Crippen LogP contribution in [-0.4, -0.2) is 73.8 Å². The highest BCUT2D eigenvalue weighted by molar-refractivity contribution is 5.89. The van der Waals surface area contributed by atoms with Gasteiger partial charge in [-0.3, -0.25) is 0 Å². The van der Waals surface area contributed by atoms with Crippen LogP contribution in [0, 0.1) is 0 Å².